The third kappa shape index (κ3) is 3.22. The Morgan fingerprint density at radius 1 is 1.45 bits per heavy atom. The zero-order valence-corrected chi connectivity index (χ0v) is 11.5. The molecule has 0 amide bonds. The van der Waals surface area contributed by atoms with Crippen molar-refractivity contribution in [2.45, 2.75) is 32.5 Å². The van der Waals surface area contributed by atoms with Gasteiger partial charge in [-0.15, -0.1) is 0 Å². The molecule has 0 spiro atoms. The highest BCUT2D eigenvalue weighted by atomic mass is 19.1. The van der Waals surface area contributed by atoms with Gasteiger partial charge in [-0.25, -0.2) is 4.39 Å². The summed E-state index contributed by atoms with van der Waals surface area (Å²) in [7, 11) is 0. The van der Waals surface area contributed by atoms with Gasteiger partial charge in [0, 0.05) is 30.5 Å². The van der Waals surface area contributed by atoms with E-state index < -0.39 is 0 Å². The lowest BCUT2D eigenvalue weighted by atomic mass is 10.1. The first-order valence-electron chi connectivity index (χ1n) is 6.53. The molecule has 104 valence electrons. The Kier molecular flexibility index (Phi) is 4.49. The second-order valence-corrected chi connectivity index (χ2v) is 4.81. The predicted octanol–water partition coefficient (Wildman–Crippen LogP) is 2.63. The van der Waals surface area contributed by atoms with Crippen LogP contribution < -0.4 is 5.32 Å². The van der Waals surface area contributed by atoms with Crippen LogP contribution in [0.15, 0.2) is 36.7 Å². The average molecular weight is 272 g/mol. The molecule has 0 aliphatic rings. The van der Waals surface area contributed by atoms with Gasteiger partial charge in [0.25, 0.3) is 0 Å². The standard InChI is InChI=1S/C15H17FN4/c1-11(12(2)20-7-3-6-19-20)18-10-14-8-13(9-17)4-5-15(14)16/h3-8,11-12,18H,10H2,1-2H3/t11-,12-/m1/s1. The first kappa shape index (κ1) is 14.2. The third-order valence-electron chi connectivity index (χ3n) is 3.46. The summed E-state index contributed by atoms with van der Waals surface area (Å²) in [5, 5.41) is 16.3. The molecule has 2 aromatic rings. The SMILES string of the molecule is C[C@H]([C@@H](C)NCc1cc(C#N)ccc1F)n1cccn1. The molecule has 0 saturated carbocycles. The van der Waals surface area contributed by atoms with Crippen LogP contribution in [-0.4, -0.2) is 15.8 Å². The molecule has 0 bridgehead atoms. The number of hydrogen-bond donors (Lipinski definition) is 1. The summed E-state index contributed by atoms with van der Waals surface area (Å²) in [5.41, 5.74) is 0.972. The van der Waals surface area contributed by atoms with Crippen molar-refractivity contribution in [1.29, 1.82) is 5.26 Å². The molecule has 0 fully saturated rings. The van der Waals surface area contributed by atoms with Crippen molar-refractivity contribution >= 4 is 0 Å². The maximum absolute atomic E-state index is 13.7. The second-order valence-electron chi connectivity index (χ2n) is 4.81. The molecule has 1 N–H and O–H groups in total. The predicted molar refractivity (Wildman–Crippen MR) is 74.4 cm³/mol. The van der Waals surface area contributed by atoms with Gasteiger partial charge in [0.05, 0.1) is 17.7 Å². The van der Waals surface area contributed by atoms with E-state index >= 15 is 0 Å². The number of halogens is 1. The Balaban J connectivity index is 2.00. The van der Waals surface area contributed by atoms with E-state index in [-0.39, 0.29) is 17.9 Å². The Bertz CT molecular complexity index is 601. The molecule has 0 saturated heterocycles. The fourth-order valence-corrected chi connectivity index (χ4v) is 1.97. The van der Waals surface area contributed by atoms with Crippen LogP contribution >= 0.6 is 0 Å². The molecule has 5 heteroatoms. The number of hydrogen-bond acceptors (Lipinski definition) is 3. The van der Waals surface area contributed by atoms with E-state index in [0.29, 0.717) is 17.7 Å². The van der Waals surface area contributed by atoms with Crippen LogP contribution in [0.2, 0.25) is 0 Å². The maximum atomic E-state index is 13.7. The Morgan fingerprint density at radius 3 is 2.90 bits per heavy atom. The first-order chi connectivity index (χ1) is 9.61. The fourth-order valence-electron chi connectivity index (χ4n) is 1.97. The van der Waals surface area contributed by atoms with Gasteiger partial charge in [0.15, 0.2) is 0 Å². The van der Waals surface area contributed by atoms with E-state index in [2.05, 4.69) is 10.4 Å². The minimum absolute atomic E-state index is 0.125. The molecule has 20 heavy (non-hydrogen) atoms. The van der Waals surface area contributed by atoms with Crippen molar-refractivity contribution < 1.29 is 4.39 Å². The number of benzene rings is 1. The van der Waals surface area contributed by atoms with E-state index in [1.165, 1.54) is 12.1 Å². The topological polar surface area (TPSA) is 53.6 Å². The lowest BCUT2D eigenvalue weighted by molar-refractivity contribution is 0.363. The normalized spacial score (nSPS) is 13.7. The second kappa shape index (κ2) is 6.31. The van der Waals surface area contributed by atoms with Crippen molar-refractivity contribution in [3.8, 4) is 6.07 Å². The zero-order chi connectivity index (χ0) is 14.5. The molecule has 0 aliphatic heterocycles. The van der Waals surface area contributed by atoms with Gasteiger partial charge < -0.3 is 5.32 Å². The fraction of sp³-hybridized carbons (Fsp3) is 0.333. The molecule has 1 heterocycles. The summed E-state index contributed by atoms with van der Waals surface area (Å²) < 4.78 is 15.5. The molecule has 0 unspecified atom stereocenters. The average Bonchev–Trinajstić information content (AvgIpc) is 2.99. The van der Waals surface area contributed by atoms with Gasteiger partial charge in [-0.1, -0.05) is 0 Å². The Hall–Kier alpha value is -2.19. The quantitative estimate of drug-likeness (QED) is 0.910. The number of nitrogens with zero attached hydrogens (tertiary/aromatic N) is 3. The van der Waals surface area contributed by atoms with Crippen LogP contribution in [-0.2, 0) is 6.54 Å². The summed E-state index contributed by atoms with van der Waals surface area (Å²) in [6, 6.07) is 8.57. The van der Waals surface area contributed by atoms with Gasteiger partial charge in [-0.05, 0) is 38.1 Å². The van der Waals surface area contributed by atoms with Gasteiger partial charge in [-0.3, -0.25) is 4.68 Å². The van der Waals surface area contributed by atoms with E-state index in [4.69, 9.17) is 5.26 Å². The van der Waals surface area contributed by atoms with Crippen LogP contribution in [0.25, 0.3) is 0 Å². The minimum atomic E-state index is -0.296. The van der Waals surface area contributed by atoms with E-state index in [0.717, 1.165) is 0 Å². The highest BCUT2D eigenvalue weighted by Crippen LogP contribution is 2.13. The van der Waals surface area contributed by atoms with Crippen LogP contribution in [0.5, 0.6) is 0 Å². The van der Waals surface area contributed by atoms with Gasteiger partial charge in [0.2, 0.25) is 0 Å². The molecule has 0 aliphatic carbocycles. The van der Waals surface area contributed by atoms with Gasteiger partial charge >= 0.3 is 0 Å². The van der Waals surface area contributed by atoms with Crippen LogP contribution in [0.3, 0.4) is 0 Å². The monoisotopic (exact) mass is 272 g/mol. The maximum Gasteiger partial charge on any atom is 0.127 e. The van der Waals surface area contributed by atoms with E-state index in [9.17, 15) is 4.39 Å². The van der Waals surface area contributed by atoms with E-state index in [1.54, 1.807) is 12.3 Å². The summed E-state index contributed by atoms with van der Waals surface area (Å²) in [4.78, 5) is 0. The Morgan fingerprint density at radius 2 is 2.25 bits per heavy atom. The van der Waals surface area contributed by atoms with E-state index in [1.807, 2.05) is 36.9 Å². The number of nitriles is 1. The lowest BCUT2D eigenvalue weighted by Gasteiger charge is -2.22. The summed E-state index contributed by atoms with van der Waals surface area (Å²) in [5.74, 6) is -0.296. The van der Waals surface area contributed by atoms with Crippen molar-refractivity contribution in [1.82, 2.24) is 15.1 Å². The molecular formula is C15H17FN4. The van der Waals surface area contributed by atoms with Crippen molar-refractivity contribution in [3.05, 3.63) is 53.6 Å². The molecule has 1 aromatic heterocycles. The number of aromatic nitrogens is 2. The van der Waals surface area contributed by atoms with Crippen LogP contribution in [0.1, 0.15) is 31.0 Å². The smallest absolute Gasteiger partial charge is 0.127 e. The third-order valence-corrected chi connectivity index (χ3v) is 3.46. The number of nitrogens with one attached hydrogen (secondary N) is 1. The first-order valence-corrected chi connectivity index (χ1v) is 6.53. The lowest BCUT2D eigenvalue weighted by Crippen LogP contribution is -2.33. The summed E-state index contributed by atoms with van der Waals surface area (Å²) >= 11 is 0. The molecule has 0 radical (unpaired) electrons. The van der Waals surface area contributed by atoms with Crippen molar-refractivity contribution in [3.63, 3.8) is 0 Å². The molecule has 1 aromatic carbocycles. The highest BCUT2D eigenvalue weighted by Gasteiger charge is 2.14. The number of rotatable bonds is 5. The largest absolute Gasteiger partial charge is 0.308 e. The van der Waals surface area contributed by atoms with Crippen molar-refractivity contribution in [2.75, 3.05) is 0 Å². The van der Waals surface area contributed by atoms with Crippen molar-refractivity contribution in [2.24, 2.45) is 0 Å². The Labute approximate surface area is 117 Å². The molecule has 4 nitrogen and oxygen atoms in total. The highest BCUT2D eigenvalue weighted by molar-refractivity contribution is 5.33. The molecule has 2 rings (SSSR count). The molecular weight excluding hydrogens is 255 g/mol. The minimum Gasteiger partial charge on any atom is -0.308 e. The molecule has 2 atom stereocenters. The summed E-state index contributed by atoms with van der Waals surface area (Å²) in [6.45, 7) is 4.46. The van der Waals surface area contributed by atoms with Gasteiger partial charge in [-0.2, -0.15) is 10.4 Å². The summed E-state index contributed by atoms with van der Waals surface area (Å²) in [6.07, 6.45) is 3.64. The van der Waals surface area contributed by atoms with Crippen LogP contribution in [0, 0.1) is 17.1 Å². The van der Waals surface area contributed by atoms with Crippen LogP contribution in [0.4, 0.5) is 4.39 Å². The van der Waals surface area contributed by atoms with Gasteiger partial charge in [0.1, 0.15) is 5.82 Å². The zero-order valence-electron chi connectivity index (χ0n) is 11.5.